The van der Waals surface area contributed by atoms with Crippen LogP contribution in [-0.4, -0.2) is 45.9 Å². The average molecular weight is 263 g/mol. The Balaban J connectivity index is 2.03. The number of pyridine rings is 1. The molecule has 0 aromatic carbocycles. The molecule has 1 aromatic rings. The molecule has 1 aliphatic heterocycles. The highest BCUT2D eigenvalue weighted by molar-refractivity contribution is 6.00. The molecule has 1 fully saturated rings. The molecule has 2 heterocycles. The number of hydrogen-bond acceptors (Lipinski definition) is 4. The lowest BCUT2D eigenvalue weighted by Gasteiger charge is -2.15. The van der Waals surface area contributed by atoms with Gasteiger partial charge in [0, 0.05) is 19.2 Å². The molecule has 2 rings (SSSR count). The monoisotopic (exact) mass is 263 g/mol. The predicted octanol–water partition coefficient (Wildman–Crippen LogP) is 0.341. The van der Waals surface area contributed by atoms with Crippen molar-refractivity contribution in [2.45, 2.75) is 12.8 Å². The van der Waals surface area contributed by atoms with Gasteiger partial charge in [-0.2, -0.15) is 0 Å². The van der Waals surface area contributed by atoms with Gasteiger partial charge in [0.2, 0.25) is 11.8 Å². The molecular formula is C12H13N3O4. The fraction of sp³-hybridized carbons (Fsp3) is 0.333. The second-order valence-electron chi connectivity index (χ2n) is 4.17. The van der Waals surface area contributed by atoms with Crippen LogP contribution in [0.1, 0.15) is 23.3 Å². The Kier molecular flexibility index (Phi) is 3.74. The van der Waals surface area contributed by atoms with Gasteiger partial charge in [-0.05, 0) is 18.6 Å². The van der Waals surface area contributed by atoms with E-state index in [2.05, 4.69) is 10.3 Å². The number of likely N-dealkylation sites (tertiary alicyclic amines) is 1. The summed E-state index contributed by atoms with van der Waals surface area (Å²) < 4.78 is 0. The molecule has 0 saturated carbocycles. The predicted molar refractivity (Wildman–Crippen MR) is 65.6 cm³/mol. The largest absolute Gasteiger partial charge is 0.476 e. The van der Waals surface area contributed by atoms with Gasteiger partial charge >= 0.3 is 5.97 Å². The van der Waals surface area contributed by atoms with Crippen LogP contribution in [0.15, 0.2) is 18.3 Å². The zero-order valence-corrected chi connectivity index (χ0v) is 10.1. The lowest BCUT2D eigenvalue weighted by atomic mass is 10.3. The molecule has 2 N–H and O–H groups in total. The fourth-order valence-electron chi connectivity index (χ4n) is 1.91. The number of carboxylic acid groups (broad SMARTS) is 1. The van der Waals surface area contributed by atoms with Gasteiger partial charge in [0.25, 0.3) is 0 Å². The SMILES string of the molecule is O=C(CN1CCCC1=O)Nc1cccnc1C(=O)O. The van der Waals surface area contributed by atoms with Crippen molar-refractivity contribution >= 4 is 23.5 Å². The van der Waals surface area contributed by atoms with Gasteiger partial charge in [0.05, 0.1) is 12.2 Å². The van der Waals surface area contributed by atoms with Crippen molar-refractivity contribution in [2.24, 2.45) is 0 Å². The van der Waals surface area contributed by atoms with E-state index in [9.17, 15) is 14.4 Å². The molecule has 0 radical (unpaired) electrons. The third-order valence-electron chi connectivity index (χ3n) is 2.79. The number of carbonyl (C=O) groups is 3. The van der Waals surface area contributed by atoms with Gasteiger partial charge in [-0.15, -0.1) is 0 Å². The number of nitrogens with one attached hydrogen (secondary N) is 1. The first-order chi connectivity index (χ1) is 9.08. The van der Waals surface area contributed by atoms with Crippen LogP contribution < -0.4 is 5.32 Å². The van der Waals surface area contributed by atoms with Crippen LogP contribution in [0.5, 0.6) is 0 Å². The van der Waals surface area contributed by atoms with E-state index in [0.29, 0.717) is 13.0 Å². The quantitative estimate of drug-likeness (QED) is 0.816. The zero-order valence-electron chi connectivity index (χ0n) is 10.1. The first-order valence-electron chi connectivity index (χ1n) is 5.84. The van der Waals surface area contributed by atoms with E-state index >= 15 is 0 Å². The summed E-state index contributed by atoms with van der Waals surface area (Å²) in [5, 5.41) is 11.4. The van der Waals surface area contributed by atoms with Gasteiger partial charge in [-0.3, -0.25) is 9.59 Å². The van der Waals surface area contributed by atoms with Gasteiger partial charge in [-0.25, -0.2) is 9.78 Å². The summed E-state index contributed by atoms with van der Waals surface area (Å²) in [4.78, 5) is 39.2. The normalized spacial score (nSPS) is 14.5. The van der Waals surface area contributed by atoms with Crippen LogP contribution in [-0.2, 0) is 9.59 Å². The zero-order chi connectivity index (χ0) is 13.8. The molecule has 100 valence electrons. The molecule has 1 aromatic heterocycles. The number of aromatic carboxylic acids is 1. The highest BCUT2D eigenvalue weighted by Crippen LogP contribution is 2.13. The van der Waals surface area contributed by atoms with Crippen molar-refractivity contribution in [3.05, 3.63) is 24.0 Å². The topological polar surface area (TPSA) is 99.6 Å². The van der Waals surface area contributed by atoms with E-state index in [0.717, 1.165) is 6.42 Å². The Morgan fingerprint density at radius 3 is 2.89 bits per heavy atom. The van der Waals surface area contributed by atoms with Crippen molar-refractivity contribution < 1.29 is 19.5 Å². The summed E-state index contributed by atoms with van der Waals surface area (Å²) in [6, 6.07) is 2.99. The molecule has 7 heteroatoms. The van der Waals surface area contributed by atoms with Crippen LogP contribution in [0.3, 0.4) is 0 Å². The Morgan fingerprint density at radius 2 is 2.26 bits per heavy atom. The van der Waals surface area contributed by atoms with Crippen LogP contribution in [0.2, 0.25) is 0 Å². The van der Waals surface area contributed by atoms with Crippen LogP contribution in [0.4, 0.5) is 5.69 Å². The number of carbonyl (C=O) groups excluding carboxylic acids is 2. The van der Waals surface area contributed by atoms with E-state index in [1.807, 2.05) is 0 Å². The summed E-state index contributed by atoms with van der Waals surface area (Å²) in [5.74, 6) is -1.70. The second-order valence-corrected chi connectivity index (χ2v) is 4.17. The van der Waals surface area contributed by atoms with Crippen LogP contribution in [0.25, 0.3) is 0 Å². The number of carboxylic acids is 1. The van der Waals surface area contributed by atoms with Gasteiger partial charge < -0.3 is 15.3 Å². The summed E-state index contributed by atoms with van der Waals surface area (Å²) in [5.41, 5.74) is -0.0877. The highest BCUT2D eigenvalue weighted by atomic mass is 16.4. The maximum atomic E-state index is 11.8. The molecule has 0 aliphatic carbocycles. The number of nitrogens with zero attached hydrogens (tertiary/aromatic N) is 2. The Labute approximate surface area is 109 Å². The van der Waals surface area contributed by atoms with Crippen molar-refractivity contribution in [1.29, 1.82) is 0 Å². The molecule has 2 amide bonds. The van der Waals surface area contributed by atoms with Gasteiger partial charge in [-0.1, -0.05) is 0 Å². The van der Waals surface area contributed by atoms with E-state index < -0.39 is 11.9 Å². The molecule has 7 nitrogen and oxygen atoms in total. The summed E-state index contributed by atoms with van der Waals surface area (Å²) >= 11 is 0. The molecular weight excluding hydrogens is 250 g/mol. The van der Waals surface area contributed by atoms with Gasteiger partial charge in [0.1, 0.15) is 0 Å². The summed E-state index contributed by atoms with van der Waals surface area (Å²) in [7, 11) is 0. The van der Waals surface area contributed by atoms with Crippen molar-refractivity contribution in [2.75, 3.05) is 18.4 Å². The van der Waals surface area contributed by atoms with Crippen LogP contribution in [0, 0.1) is 0 Å². The maximum absolute atomic E-state index is 11.8. The number of amides is 2. The minimum Gasteiger partial charge on any atom is -0.476 e. The number of hydrogen-bond donors (Lipinski definition) is 2. The van der Waals surface area contributed by atoms with E-state index in [-0.39, 0.29) is 23.8 Å². The van der Waals surface area contributed by atoms with E-state index in [1.165, 1.54) is 23.2 Å². The molecule has 0 spiro atoms. The number of anilines is 1. The van der Waals surface area contributed by atoms with Crippen molar-refractivity contribution in [1.82, 2.24) is 9.88 Å². The lowest BCUT2D eigenvalue weighted by molar-refractivity contribution is -0.131. The third kappa shape index (κ3) is 3.06. The fourth-order valence-corrected chi connectivity index (χ4v) is 1.91. The second kappa shape index (κ2) is 5.47. The Hall–Kier alpha value is -2.44. The van der Waals surface area contributed by atoms with Crippen molar-refractivity contribution in [3.8, 4) is 0 Å². The average Bonchev–Trinajstić information content (AvgIpc) is 2.75. The number of aromatic nitrogens is 1. The molecule has 1 saturated heterocycles. The highest BCUT2D eigenvalue weighted by Gasteiger charge is 2.23. The molecule has 0 unspecified atom stereocenters. The van der Waals surface area contributed by atoms with E-state index in [1.54, 1.807) is 0 Å². The molecule has 19 heavy (non-hydrogen) atoms. The van der Waals surface area contributed by atoms with E-state index in [4.69, 9.17) is 5.11 Å². The third-order valence-corrected chi connectivity index (χ3v) is 2.79. The number of rotatable bonds is 4. The summed E-state index contributed by atoms with van der Waals surface area (Å²) in [6.45, 7) is 0.498. The summed E-state index contributed by atoms with van der Waals surface area (Å²) in [6.07, 6.45) is 2.54. The molecule has 0 atom stereocenters. The minimum absolute atomic E-state index is 0.0557. The van der Waals surface area contributed by atoms with Gasteiger partial charge in [0.15, 0.2) is 5.69 Å². The smallest absolute Gasteiger partial charge is 0.356 e. The van der Waals surface area contributed by atoms with Crippen molar-refractivity contribution in [3.63, 3.8) is 0 Å². The maximum Gasteiger partial charge on any atom is 0.356 e. The first kappa shape index (κ1) is 13.0. The molecule has 0 bridgehead atoms. The minimum atomic E-state index is -1.21. The Morgan fingerprint density at radius 1 is 1.47 bits per heavy atom. The first-order valence-corrected chi connectivity index (χ1v) is 5.84. The molecule has 1 aliphatic rings. The Bertz CT molecular complexity index is 529. The lowest BCUT2D eigenvalue weighted by Crippen LogP contribution is -2.34. The van der Waals surface area contributed by atoms with Crippen LogP contribution >= 0.6 is 0 Å². The standard InChI is InChI=1S/C12H13N3O4/c16-9(7-15-6-2-4-10(15)17)14-8-3-1-5-13-11(8)12(18)19/h1,3,5H,2,4,6-7H2,(H,14,16)(H,18,19).